The molecule has 10 heteroatoms. The van der Waals surface area contributed by atoms with Crippen LogP contribution in [0.1, 0.15) is 83.9 Å². The van der Waals surface area contributed by atoms with Crippen molar-refractivity contribution in [1.82, 2.24) is 15.5 Å². The minimum Gasteiger partial charge on any atom is -0.491 e. The van der Waals surface area contributed by atoms with Crippen LogP contribution < -0.4 is 15.0 Å². The fourth-order valence-electron chi connectivity index (χ4n) is 7.01. The van der Waals surface area contributed by atoms with Crippen molar-refractivity contribution in [1.29, 1.82) is 0 Å². The molecular weight excluding hydrogens is 566 g/mol. The molecule has 7 rings (SSSR count). The molecule has 2 amide bonds. The molecular formula is C34H42F2N4O4. The normalized spacial score (nSPS) is 24.0. The maximum Gasteiger partial charge on any atom is 0.322 e. The number of alkyl halides is 2. The lowest BCUT2D eigenvalue weighted by Crippen LogP contribution is -2.54. The van der Waals surface area contributed by atoms with Gasteiger partial charge in [0.25, 0.3) is 5.89 Å². The van der Waals surface area contributed by atoms with Crippen molar-refractivity contribution in [3.05, 3.63) is 60.2 Å². The summed E-state index contributed by atoms with van der Waals surface area (Å²) in [7, 11) is 0. The molecule has 4 fully saturated rings. The molecule has 2 aromatic carbocycles. The van der Waals surface area contributed by atoms with Crippen molar-refractivity contribution in [3.63, 3.8) is 0 Å². The fraction of sp³-hybridized carbons (Fsp3) is 0.559. The standard InChI is InChI=1S/C34H42F2N4O4/c1-23(2)43-28-9-7-24(8-10-28)25-5-4-6-27(21-25)40(31(41)37-26-11-19-42-20-12-26)22-33-13-16-34(17-14-33,18-15-33)29-38-30(44-39-29)32(3,35)36/h4-10,21,23,26H,11-20,22H2,1-3H3,(H,37,41). The number of rotatable bonds is 9. The van der Waals surface area contributed by atoms with E-state index in [1.165, 1.54) is 0 Å². The number of benzene rings is 2. The van der Waals surface area contributed by atoms with Gasteiger partial charge >= 0.3 is 12.0 Å². The molecule has 1 aliphatic heterocycles. The predicted octanol–water partition coefficient (Wildman–Crippen LogP) is 7.62. The van der Waals surface area contributed by atoms with Gasteiger partial charge in [-0.05, 0) is 106 Å². The molecule has 0 atom stereocenters. The Morgan fingerprint density at radius 2 is 1.73 bits per heavy atom. The third kappa shape index (κ3) is 6.46. The number of nitrogens with zero attached hydrogens (tertiary/aromatic N) is 3. The molecule has 4 aliphatic rings. The van der Waals surface area contributed by atoms with E-state index in [1.807, 2.05) is 55.1 Å². The Labute approximate surface area is 257 Å². The summed E-state index contributed by atoms with van der Waals surface area (Å²) in [4.78, 5) is 20.0. The number of fused-ring (bicyclic) bond motifs is 3. The van der Waals surface area contributed by atoms with E-state index >= 15 is 0 Å². The maximum atomic E-state index is 14.0. The van der Waals surface area contributed by atoms with Gasteiger partial charge in [-0.2, -0.15) is 13.8 Å². The maximum absolute atomic E-state index is 14.0. The summed E-state index contributed by atoms with van der Waals surface area (Å²) >= 11 is 0. The molecule has 1 N–H and O–H groups in total. The lowest BCUT2D eigenvalue weighted by Gasteiger charge is -2.53. The van der Waals surface area contributed by atoms with Gasteiger partial charge in [-0.25, -0.2) is 4.79 Å². The van der Waals surface area contributed by atoms with E-state index in [9.17, 15) is 13.6 Å². The second kappa shape index (κ2) is 12.1. The summed E-state index contributed by atoms with van der Waals surface area (Å²) in [5.41, 5.74) is 2.48. The van der Waals surface area contributed by atoms with Crippen LogP contribution >= 0.6 is 0 Å². The number of ether oxygens (including phenoxy) is 2. The third-order valence-corrected chi connectivity index (χ3v) is 9.68. The van der Waals surface area contributed by atoms with Crippen LogP contribution in [0.15, 0.2) is 53.1 Å². The molecule has 0 spiro atoms. The lowest BCUT2D eigenvalue weighted by atomic mass is 9.53. The van der Waals surface area contributed by atoms with Gasteiger partial charge in [0.05, 0.1) is 6.10 Å². The highest BCUT2D eigenvalue weighted by molar-refractivity contribution is 5.93. The summed E-state index contributed by atoms with van der Waals surface area (Å²) in [6.45, 7) is 6.65. The Morgan fingerprint density at radius 3 is 2.34 bits per heavy atom. The molecule has 2 bridgehead atoms. The van der Waals surface area contributed by atoms with Gasteiger partial charge in [0, 0.05) is 43.8 Å². The van der Waals surface area contributed by atoms with E-state index in [0.717, 1.165) is 80.9 Å². The Kier molecular flexibility index (Phi) is 8.39. The summed E-state index contributed by atoms with van der Waals surface area (Å²) < 4.78 is 44.0. The van der Waals surface area contributed by atoms with Crippen molar-refractivity contribution in [3.8, 4) is 16.9 Å². The molecule has 8 nitrogen and oxygen atoms in total. The first-order valence-electron chi connectivity index (χ1n) is 15.8. The van der Waals surface area contributed by atoms with Crippen molar-refractivity contribution in [2.24, 2.45) is 5.41 Å². The monoisotopic (exact) mass is 608 g/mol. The number of anilines is 1. The molecule has 3 saturated carbocycles. The summed E-state index contributed by atoms with van der Waals surface area (Å²) in [5, 5.41) is 7.28. The van der Waals surface area contributed by atoms with Crippen molar-refractivity contribution in [2.75, 3.05) is 24.7 Å². The molecule has 236 valence electrons. The Bertz CT molecular complexity index is 1420. The minimum atomic E-state index is -3.16. The molecule has 1 saturated heterocycles. The zero-order valence-electron chi connectivity index (χ0n) is 25.8. The number of carbonyl (C=O) groups excluding carboxylic acids is 1. The fourth-order valence-corrected chi connectivity index (χ4v) is 7.01. The van der Waals surface area contributed by atoms with Crippen LogP contribution in [0.5, 0.6) is 5.75 Å². The van der Waals surface area contributed by atoms with Gasteiger partial charge in [-0.1, -0.05) is 29.4 Å². The minimum absolute atomic E-state index is 0.0717. The van der Waals surface area contributed by atoms with Gasteiger partial charge in [-0.3, -0.25) is 4.90 Å². The first-order chi connectivity index (χ1) is 21.0. The SMILES string of the molecule is CC(C)Oc1ccc(-c2cccc(N(CC34CCC(c5noc(C(C)(F)F)n5)(CC3)CC4)C(=O)NC3CCOCC3)c2)cc1. The van der Waals surface area contributed by atoms with E-state index in [-0.39, 0.29) is 29.0 Å². The molecule has 3 aromatic rings. The molecule has 1 aromatic heterocycles. The Morgan fingerprint density at radius 1 is 1.05 bits per heavy atom. The van der Waals surface area contributed by atoms with Gasteiger partial charge in [0.2, 0.25) is 0 Å². The first-order valence-corrected chi connectivity index (χ1v) is 15.8. The third-order valence-electron chi connectivity index (χ3n) is 9.68. The van der Waals surface area contributed by atoms with E-state index in [1.54, 1.807) is 0 Å². The van der Waals surface area contributed by atoms with Crippen LogP contribution in [0.25, 0.3) is 11.1 Å². The van der Waals surface area contributed by atoms with Gasteiger partial charge in [0.1, 0.15) is 5.75 Å². The van der Waals surface area contributed by atoms with E-state index in [2.05, 4.69) is 27.6 Å². The van der Waals surface area contributed by atoms with Crippen LogP contribution in [-0.2, 0) is 16.1 Å². The van der Waals surface area contributed by atoms with Crippen LogP contribution in [0.2, 0.25) is 0 Å². The average molecular weight is 609 g/mol. The number of nitrogens with one attached hydrogen (secondary N) is 1. The molecule has 3 aliphatic carbocycles. The topological polar surface area (TPSA) is 89.7 Å². The lowest BCUT2D eigenvalue weighted by molar-refractivity contribution is -0.0158. The first kappa shape index (κ1) is 30.5. The van der Waals surface area contributed by atoms with E-state index < -0.39 is 11.8 Å². The van der Waals surface area contributed by atoms with Gasteiger partial charge < -0.3 is 19.3 Å². The van der Waals surface area contributed by atoms with Crippen molar-refractivity contribution < 1.29 is 27.6 Å². The summed E-state index contributed by atoms with van der Waals surface area (Å²) in [5.74, 6) is -2.56. The zero-order valence-corrected chi connectivity index (χ0v) is 25.8. The van der Waals surface area contributed by atoms with Crippen LogP contribution in [0, 0.1) is 5.41 Å². The van der Waals surface area contributed by atoms with Crippen LogP contribution in [0.4, 0.5) is 19.3 Å². The van der Waals surface area contributed by atoms with E-state index in [4.69, 9.17) is 14.0 Å². The quantitative estimate of drug-likeness (QED) is 0.269. The van der Waals surface area contributed by atoms with Crippen LogP contribution in [0.3, 0.4) is 0 Å². The number of urea groups is 1. The summed E-state index contributed by atoms with van der Waals surface area (Å²) in [6.07, 6.45) is 6.60. The highest BCUT2D eigenvalue weighted by Gasteiger charge is 2.53. The molecule has 0 unspecified atom stereocenters. The second-order valence-corrected chi connectivity index (χ2v) is 13.3. The average Bonchev–Trinajstić information content (AvgIpc) is 3.54. The number of hydrogen-bond acceptors (Lipinski definition) is 6. The zero-order chi connectivity index (χ0) is 31.0. The highest BCUT2D eigenvalue weighted by Crippen LogP contribution is 2.57. The Balaban J connectivity index is 1.23. The molecule has 44 heavy (non-hydrogen) atoms. The largest absolute Gasteiger partial charge is 0.491 e. The molecule has 0 radical (unpaired) electrons. The summed E-state index contributed by atoms with van der Waals surface area (Å²) in [6, 6.07) is 16.2. The number of hydrogen-bond donors (Lipinski definition) is 1. The number of halogens is 2. The second-order valence-electron chi connectivity index (χ2n) is 13.3. The van der Waals surface area contributed by atoms with Gasteiger partial charge in [-0.15, -0.1) is 0 Å². The van der Waals surface area contributed by atoms with Crippen LogP contribution in [-0.4, -0.2) is 48.1 Å². The number of aromatic nitrogens is 2. The van der Waals surface area contributed by atoms with Gasteiger partial charge in [0.15, 0.2) is 5.82 Å². The predicted molar refractivity (Wildman–Crippen MR) is 163 cm³/mol. The number of amides is 2. The van der Waals surface area contributed by atoms with Crippen molar-refractivity contribution in [2.45, 2.75) is 95.6 Å². The Hall–Kier alpha value is -3.53. The highest BCUT2D eigenvalue weighted by atomic mass is 19.3. The number of carbonyl (C=O) groups is 1. The molecule has 2 heterocycles. The van der Waals surface area contributed by atoms with E-state index in [0.29, 0.717) is 25.6 Å². The smallest absolute Gasteiger partial charge is 0.322 e. The van der Waals surface area contributed by atoms with Crippen molar-refractivity contribution >= 4 is 11.7 Å².